The quantitative estimate of drug-likeness (QED) is 0.541. The molecular weight excluding hydrogens is 236 g/mol. The molecule has 0 bridgehead atoms. The SMILES string of the molecule is C1=CNSC=C1.O=C1NC(=O)c2ccccc21. The number of amides is 2. The molecule has 0 radical (unpaired) electrons. The van der Waals surface area contributed by atoms with Crippen LogP contribution >= 0.6 is 11.9 Å². The molecule has 4 nitrogen and oxygen atoms in total. The van der Waals surface area contributed by atoms with E-state index < -0.39 is 0 Å². The lowest BCUT2D eigenvalue weighted by Crippen LogP contribution is -2.19. The molecule has 86 valence electrons. The molecule has 5 heteroatoms. The summed E-state index contributed by atoms with van der Waals surface area (Å²) in [6.45, 7) is 0. The highest BCUT2D eigenvalue weighted by atomic mass is 32.2. The Hall–Kier alpha value is -2.01. The molecule has 0 saturated heterocycles. The summed E-state index contributed by atoms with van der Waals surface area (Å²) in [5.41, 5.74) is 0.940. The maximum atomic E-state index is 10.9. The molecule has 2 N–H and O–H groups in total. The highest BCUT2D eigenvalue weighted by molar-refractivity contribution is 8.00. The van der Waals surface area contributed by atoms with E-state index in [0.29, 0.717) is 11.1 Å². The van der Waals surface area contributed by atoms with Gasteiger partial charge < -0.3 is 4.72 Å². The van der Waals surface area contributed by atoms with Gasteiger partial charge in [0.05, 0.1) is 11.1 Å². The van der Waals surface area contributed by atoms with E-state index in [1.807, 2.05) is 23.8 Å². The van der Waals surface area contributed by atoms with E-state index in [9.17, 15) is 9.59 Å². The van der Waals surface area contributed by atoms with Gasteiger partial charge in [0.25, 0.3) is 11.8 Å². The zero-order chi connectivity index (χ0) is 12.1. The zero-order valence-electron chi connectivity index (χ0n) is 8.84. The predicted octanol–water partition coefficient (Wildman–Crippen LogP) is 1.84. The van der Waals surface area contributed by atoms with Gasteiger partial charge in [0, 0.05) is 6.20 Å². The van der Waals surface area contributed by atoms with Crippen LogP contribution in [0.4, 0.5) is 0 Å². The first kappa shape index (κ1) is 11.5. The maximum absolute atomic E-state index is 10.9. The minimum atomic E-state index is -0.300. The van der Waals surface area contributed by atoms with Crippen LogP contribution in [0.3, 0.4) is 0 Å². The van der Waals surface area contributed by atoms with E-state index in [4.69, 9.17) is 0 Å². The normalized spacial score (nSPS) is 15.5. The average Bonchev–Trinajstić information content (AvgIpc) is 2.69. The summed E-state index contributed by atoms with van der Waals surface area (Å²) >= 11 is 1.58. The van der Waals surface area contributed by atoms with Gasteiger partial charge in [-0.25, -0.2) is 0 Å². The molecule has 0 atom stereocenters. The fourth-order valence-electron chi connectivity index (χ4n) is 1.37. The zero-order valence-corrected chi connectivity index (χ0v) is 9.66. The van der Waals surface area contributed by atoms with Crippen LogP contribution in [0.5, 0.6) is 0 Å². The lowest BCUT2D eigenvalue weighted by Gasteiger charge is -1.93. The number of imide groups is 1. The number of benzene rings is 1. The topological polar surface area (TPSA) is 58.2 Å². The summed E-state index contributed by atoms with van der Waals surface area (Å²) in [5, 5.41) is 4.19. The van der Waals surface area contributed by atoms with E-state index in [0.717, 1.165) is 0 Å². The Morgan fingerprint density at radius 1 is 0.941 bits per heavy atom. The summed E-state index contributed by atoms with van der Waals surface area (Å²) in [6, 6.07) is 6.74. The molecule has 0 fully saturated rings. The van der Waals surface area contributed by atoms with E-state index in [1.54, 1.807) is 36.2 Å². The van der Waals surface area contributed by atoms with Crippen LogP contribution in [0.1, 0.15) is 20.7 Å². The monoisotopic (exact) mass is 246 g/mol. The molecule has 0 saturated carbocycles. The lowest BCUT2D eigenvalue weighted by molar-refractivity contribution is 0.0879. The first-order valence-corrected chi connectivity index (χ1v) is 5.84. The highest BCUT2D eigenvalue weighted by Gasteiger charge is 2.25. The number of allylic oxidation sites excluding steroid dienone is 2. The molecule has 17 heavy (non-hydrogen) atoms. The fourth-order valence-corrected chi connectivity index (χ4v) is 1.78. The van der Waals surface area contributed by atoms with Crippen molar-refractivity contribution in [3.05, 3.63) is 59.2 Å². The van der Waals surface area contributed by atoms with Gasteiger partial charge >= 0.3 is 0 Å². The largest absolute Gasteiger partial charge is 0.333 e. The van der Waals surface area contributed by atoms with Gasteiger partial charge in [0.1, 0.15) is 0 Å². The second kappa shape index (κ2) is 5.36. The van der Waals surface area contributed by atoms with Crippen LogP contribution in [-0.2, 0) is 0 Å². The molecule has 1 aromatic rings. The third-order valence-corrected chi connectivity index (χ3v) is 2.70. The third kappa shape index (κ3) is 2.76. The van der Waals surface area contributed by atoms with Crippen molar-refractivity contribution in [3.8, 4) is 0 Å². The Morgan fingerprint density at radius 2 is 1.59 bits per heavy atom. The maximum Gasteiger partial charge on any atom is 0.258 e. The second-order valence-electron chi connectivity index (χ2n) is 3.25. The van der Waals surface area contributed by atoms with Gasteiger partial charge in [-0.15, -0.1) is 0 Å². The first-order chi connectivity index (χ1) is 8.29. The van der Waals surface area contributed by atoms with Crippen molar-refractivity contribution in [2.24, 2.45) is 0 Å². The molecule has 0 aromatic heterocycles. The van der Waals surface area contributed by atoms with Crippen molar-refractivity contribution in [1.29, 1.82) is 0 Å². The Labute approximate surface area is 103 Å². The Balaban J connectivity index is 0.000000153. The number of fused-ring (bicyclic) bond motifs is 1. The minimum Gasteiger partial charge on any atom is -0.333 e. The van der Waals surface area contributed by atoms with Crippen LogP contribution < -0.4 is 10.0 Å². The summed E-state index contributed by atoms with van der Waals surface area (Å²) in [6.07, 6.45) is 5.84. The number of rotatable bonds is 0. The minimum absolute atomic E-state index is 0.300. The summed E-state index contributed by atoms with van der Waals surface area (Å²) in [4.78, 5) is 21.9. The van der Waals surface area contributed by atoms with E-state index in [-0.39, 0.29) is 11.8 Å². The van der Waals surface area contributed by atoms with Gasteiger partial charge in [0.2, 0.25) is 0 Å². The molecular formula is C12H10N2O2S. The fraction of sp³-hybridized carbons (Fsp3) is 0. The molecule has 0 aliphatic carbocycles. The van der Waals surface area contributed by atoms with Crippen LogP contribution in [-0.4, -0.2) is 11.8 Å². The third-order valence-electron chi connectivity index (χ3n) is 2.13. The number of hydrogen-bond donors (Lipinski definition) is 2. The number of hydrogen-bond acceptors (Lipinski definition) is 4. The van der Waals surface area contributed by atoms with Crippen LogP contribution in [0.15, 0.2) is 48.0 Å². The number of carbonyl (C=O) groups is 2. The van der Waals surface area contributed by atoms with Crippen molar-refractivity contribution in [3.63, 3.8) is 0 Å². The standard InChI is InChI=1S/C8H5NO2.C4H5NS/c10-7-5-3-1-2-4-6(5)8(11)9-7;1-2-4-6-5-3-1/h1-4H,(H,9,10,11);1-5H. The lowest BCUT2D eigenvalue weighted by atomic mass is 10.1. The predicted molar refractivity (Wildman–Crippen MR) is 67.2 cm³/mol. The Morgan fingerprint density at radius 3 is 1.94 bits per heavy atom. The first-order valence-electron chi connectivity index (χ1n) is 4.96. The molecule has 2 aliphatic heterocycles. The van der Waals surface area contributed by atoms with Gasteiger partial charge in [-0.1, -0.05) is 18.2 Å². The van der Waals surface area contributed by atoms with Crippen LogP contribution in [0, 0.1) is 0 Å². The molecule has 1 aromatic carbocycles. The molecule has 2 amide bonds. The van der Waals surface area contributed by atoms with Gasteiger partial charge in [-0.3, -0.25) is 14.9 Å². The summed E-state index contributed by atoms with van der Waals surface area (Å²) in [5.74, 6) is -0.601. The summed E-state index contributed by atoms with van der Waals surface area (Å²) in [7, 11) is 0. The van der Waals surface area contributed by atoms with Gasteiger partial charge in [0.15, 0.2) is 0 Å². The van der Waals surface area contributed by atoms with Crippen molar-refractivity contribution >= 4 is 23.8 Å². The van der Waals surface area contributed by atoms with Crippen molar-refractivity contribution < 1.29 is 9.59 Å². The Bertz CT molecular complexity index is 464. The molecule has 2 aliphatic rings. The smallest absolute Gasteiger partial charge is 0.258 e. The molecule has 0 spiro atoms. The summed E-state index contributed by atoms with van der Waals surface area (Å²) < 4.78 is 2.93. The Kier molecular flexibility index (Phi) is 3.62. The van der Waals surface area contributed by atoms with E-state index in [2.05, 4.69) is 10.0 Å². The average molecular weight is 246 g/mol. The number of nitrogens with one attached hydrogen (secondary N) is 2. The second-order valence-corrected chi connectivity index (χ2v) is 4.00. The van der Waals surface area contributed by atoms with Crippen molar-refractivity contribution in [2.45, 2.75) is 0 Å². The van der Waals surface area contributed by atoms with E-state index >= 15 is 0 Å². The van der Waals surface area contributed by atoms with Crippen molar-refractivity contribution in [1.82, 2.24) is 10.0 Å². The molecule has 0 unspecified atom stereocenters. The van der Waals surface area contributed by atoms with Gasteiger partial charge in [-0.05, 0) is 35.6 Å². The molecule has 3 rings (SSSR count). The molecule has 2 heterocycles. The number of carbonyl (C=O) groups excluding carboxylic acids is 2. The van der Waals surface area contributed by atoms with E-state index in [1.165, 1.54) is 0 Å². The van der Waals surface area contributed by atoms with Gasteiger partial charge in [-0.2, -0.15) is 0 Å². The highest BCUT2D eigenvalue weighted by Crippen LogP contribution is 2.13. The van der Waals surface area contributed by atoms with Crippen LogP contribution in [0.2, 0.25) is 0 Å². The van der Waals surface area contributed by atoms with Crippen molar-refractivity contribution in [2.75, 3.05) is 0 Å². The van der Waals surface area contributed by atoms with Crippen LogP contribution in [0.25, 0.3) is 0 Å².